The van der Waals surface area contributed by atoms with Gasteiger partial charge in [0.15, 0.2) is 5.13 Å². The molecule has 0 aromatic carbocycles. The van der Waals surface area contributed by atoms with E-state index in [1.165, 1.54) is 36.5 Å². The highest BCUT2D eigenvalue weighted by Gasteiger charge is 2.20. The summed E-state index contributed by atoms with van der Waals surface area (Å²) in [6, 6.07) is 0.761. The lowest BCUT2D eigenvalue weighted by Gasteiger charge is -2.24. The van der Waals surface area contributed by atoms with Crippen molar-refractivity contribution in [2.45, 2.75) is 59.0 Å². The Morgan fingerprint density at radius 2 is 2.11 bits per heavy atom. The summed E-state index contributed by atoms with van der Waals surface area (Å²) < 4.78 is 0. The third-order valence-corrected chi connectivity index (χ3v) is 4.92. The van der Waals surface area contributed by atoms with Crippen LogP contribution in [-0.4, -0.2) is 24.1 Å². The zero-order valence-electron chi connectivity index (χ0n) is 12.5. The Balaban J connectivity index is 1.89. The molecule has 0 atom stereocenters. The van der Waals surface area contributed by atoms with E-state index in [4.69, 9.17) is 4.98 Å². The van der Waals surface area contributed by atoms with Crippen LogP contribution in [0.3, 0.4) is 0 Å². The molecule has 1 aliphatic rings. The highest BCUT2D eigenvalue weighted by molar-refractivity contribution is 7.13. The van der Waals surface area contributed by atoms with Crippen LogP contribution in [-0.2, 0) is 6.54 Å². The van der Waals surface area contributed by atoms with Crippen molar-refractivity contribution < 1.29 is 0 Å². The minimum absolute atomic E-state index is 0.761. The van der Waals surface area contributed by atoms with Gasteiger partial charge < -0.3 is 10.2 Å². The average Bonchev–Trinajstić information content (AvgIpc) is 3.16. The molecular formula is C15H27N3S. The minimum Gasteiger partial charge on any atom is -0.348 e. The molecule has 0 amide bonds. The Hall–Kier alpha value is -0.610. The summed E-state index contributed by atoms with van der Waals surface area (Å²) in [6.45, 7) is 9.94. The Labute approximate surface area is 121 Å². The molecule has 0 bridgehead atoms. The van der Waals surface area contributed by atoms with E-state index in [0.29, 0.717) is 0 Å². The second-order valence-electron chi connectivity index (χ2n) is 5.50. The summed E-state index contributed by atoms with van der Waals surface area (Å²) in [5.74, 6) is 0.789. The molecule has 108 valence electrons. The molecule has 0 saturated heterocycles. The van der Waals surface area contributed by atoms with Crippen molar-refractivity contribution in [1.29, 1.82) is 0 Å². The molecule has 19 heavy (non-hydrogen) atoms. The number of nitrogens with zero attached hydrogens (tertiary/aromatic N) is 2. The molecule has 1 aromatic rings. The van der Waals surface area contributed by atoms with Crippen LogP contribution in [0.2, 0.25) is 0 Å². The first kappa shape index (κ1) is 14.8. The molecule has 0 aliphatic heterocycles. The summed E-state index contributed by atoms with van der Waals surface area (Å²) in [4.78, 5) is 7.22. The van der Waals surface area contributed by atoms with Crippen LogP contribution in [0.1, 0.15) is 52.1 Å². The number of hydrogen-bond acceptors (Lipinski definition) is 4. The fourth-order valence-corrected chi connectivity index (χ4v) is 3.16. The smallest absolute Gasteiger partial charge is 0.185 e. The third-order valence-electron chi connectivity index (χ3n) is 3.97. The van der Waals surface area contributed by atoms with Crippen LogP contribution in [0, 0.1) is 5.92 Å². The first-order chi connectivity index (χ1) is 9.26. The van der Waals surface area contributed by atoms with Gasteiger partial charge in [-0.25, -0.2) is 4.98 Å². The Kier molecular flexibility index (Phi) is 5.64. The standard InChI is InChI=1S/C15H27N3S/c1-4-12(5-2)10-18(6-3)15-17-14(11-19-15)9-16-13-7-8-13/h11-13,16H,4-10H2,1-3H3. The van der Waals surface area contributed by atoms with Crippen LogP contribution in [0.15, 0.2) is 5.38 Å². The molecule has 1 aliphatic carbocycles. The lowest BCUT2D eigenvalue weighted by molar-refractivity contribution is 0.485. The maximum atomic E-state index is 4.78. The van der Waals surface area contributed by atoms with Crippen molar-refractivity contribution in [3.63, 3.8) is 0 Å². The Morgan fingerprint density at radius 1 is 1.37 bits per heavy atom. The van der Waals surface area contributed by atoms with Crippen molar-refractivity contribution >= 4 is 16.5 Å². The second-order valence-corrected chi connectivity index (χ2v) is 6.33. The van der Waals surface area contributed by atoms with Gasteiger partial charge in [0.05, 0.1) is 5.69 Å². The lowest BCUT2D eigenvalue weighted by Crippen LogP contribution is -2.29. The molecule has 0 unspecified atom stereocenters. The van der Waals surface area contributed by atoms with Crippen LogP contribution >= 0.6 is 11.3 Å². The van der Waals surface area contributed by atoms with Gasteiger partial charge in [-0.1, -0.05) is 26.7 Å². The molecule has 1 fully saturated rings. The van der Waals surface area contributed by atoms with Crippen molar-refractivity contribution in [3.05, 3.63) is 11.1 Å². The van der Waals surface area contributed by atoms with Gasteiger partial charge in [0.25, 0.3) is 0 Å². The molecule has 1 saturated carbocycles. The first-order valence-corrected chi connectivity index (χ1v) is 8.57. The topological polar surface area (TPSA) is 28.2 Å². The summed E-state index contributed by atoms with van der Waals surface area (Å²) in [7, 11) is 0. The van der Waals surface area contributed by atoms with E-state index in [2.05, 4.69) is 36.4 Å². The molecule has 2 rings (SSSR count). The lowest BCUT2D eigenvalue weighted by atomic mass is 10.0. The molecule has 1 N–H and O–H groups in total. The highest BCUT2D eigenvalue weighted by Crippen LogP contribution is 2.24. The van der Waals surface area contributed by atoms with Gasteiger partial charge in [0, 0.05) is 31.1 Å². The fraction of sp³-hybridized carbons (Fsp3) is 0.800. The molecule has 3 nitrogen and oxygen atoms in total. The maximum Gasteiger partial charge on any atom is 0.185 e. The number of hydrogen-bond donors (Lipinski definition) is 1. The van der Waals surface area contributed by atoms with Gasteiger partial charge in [-0.15, -0.1) is 11.3 Å². The fourth-order valence-electron chi connectivity index (χ4n) is 2.26. The quantitative estimate of drug-likeness (QED) is 0.749. The average molecular weight is 281 g/mol. The second kappa shape index (κ2) is 7.25. The number of aromatic nitrogens is 1. The van der Waals surface area contributed by atoms with E-state index >= 15 is 0 Å². The molecule has 4 heteroatoms. The highest BCUT2D eigenvalue weighted by atomic mass is 32.1. The third kappa shape index (κ3) is 4.46. The van der Waals surface area contributed by atoms with Crippen molar-refractivity contribution in [2.24, 2.45) is 5.92 Å². The van der Waals surface area contributed by atoms with Gasteiger partial charge in [-0.3, -0.25) is 0 Å². The van der Waals surface area contributed by atoms with Gasteiger partial charge in [-0.05, 0) is 25.7 Å². The van der Waals surface area contributed by atoms with Gasteiger partial charge in [-0.2, -0.15) is 0 Å². The van der Waals surface area contributed by atoms with Gasteiger partial charge >= 0.3 is 0 Å². The van der Waals surface area contributed by atoms with E-state index in [1.807, 2.05) is 0 Å². The number of thiazole rings is 1. The largest absolute Gasteiger partial charge is 0.348 e. The van der Waals surface area contributed by atoms with E-state index < -0.39 is 0 Å². The van der Waals surface area contributed by atoms with E-state index in [1.54, 1.807) is 11.3 Å². The van der Waals surface area contributed by atoms with Crippen LogP contribution in [0.25, 0.3) is 0 Å². The number of nitrogens with one attached hydrogen (secondary N) is 1. The predicted molar refractivity (Wildman–Crippen MR) is 83.9 cm³/mol. The SMILES string of the molecule is CCC(CC)CN(CC)c1nc(CNC2CC2)cs1. The predicted octanol–water partition coefficient (Wildman–Crippen LogP) is 3.66. The van der Waals surface area contributed by atoms with E-state index in [9.17, 15) is 0 Å². The van der Waals surface area contributed by atoms with Crippen molar-refractivity contribution in [3.8, 4) is 0 Å². The Morgan fingerprint density at radius 3 is 2.68 bits per heavy atom. The summed E-state index contributed by atoms with van der Waals surface area (Å²) in [5.41, 5.74) is 1.20. The monoisotopic (exact) mass is 281 g/mol. The summed E-state index contributed by atoms with van der Waals surface area (Å²) in [6.07, 6.45) is 5.20. The van der Waals surface area contributed by atoms with Crippen molar-refractivity contribution in [2.75, 3.05) is 18.0 Å². The zero-order chi connectivity index (χ0) is 13.7. The van der Waals surface area contributed by atoms with Crippen LogP contribution in [0.4, 0.5) is 5.13 Å². The first-order valence-electron chi connectivity index (χ1n) is 7.69. The van der Waals surface area contributed by atoms with Crippen LogP contribution in [0.5, 0.6) is 0 Å². The molecule has 1 heterocycles. The zero-order valence-corrected chi connectivity index (χ0v) is 13.3. The maximum absolute atomic E-state index is 4.78. The Bertz CT molecular complexity index is 369. The van der Waals surface area contributed by atoms with Crippen LogP contribution < -0.4 is 10.2 Å². The molecule has 0 radical (unpaired) electrons. The molecule has 1 aromatic heterocycles. The minimum atomic E-state index is 0.761. The van der Waals surface area contributed by atoms with Crippen molar-refractivity contribution in [1.82, 2.24) is 10.3 Å². The molecule has 0 spiro atoms. The normalized spacial score (nSPS) is 15.2. The number of rotatable bonds is 9. The number of anilines is 1. The van der Waals surface area contributed by atoms with E-state index in [-0.39, 0.29) is 0 Å². The summed E-state index contributed by atoms with van der Waals surface area (Å²) in [5, 5.41) is 6.94. The van der Waals surface area contributed by atoms with Gasteiger partial charge in [0.2, 0.25) is 0 Å². The van der Waals surface area contributed by atoms with Gasteiger partial charge in [0.1, 0.15) is 0 Å². The summed E-state index contributed by atoms with van der Waals surface area (Å²) >= 11 is 1.79. The molecular weight excluding hydrogens is 254 g/mol. The van der Waals surface area contributed by atoms with E-state index in [0.717, 1.165) is 31.6 Å².